The Morgan fingerprint density at radius 3 is 3.04 bits per heavy atom. The van der Waals surface area contributed by atoms with Gasteiger partial charge in [0.1, 0.15) is 23.4 Å². The molecule has 6 nitrogen and oxygen atoms in total. The van der Waals surface area contributed by atoms with Gasteiger partial charge in [-0.3, -0.25) is 9.88 Å². The number of benzene rings is 1. The van der Waals surface area contributed by atoms with E-state index in [4.69, 9.17) is 10.5 Å². The number of morpholine rings is 1. The number of H-pyrrole nitrogens is 1. The van der Waals surface area contributed by atoms with Crippen LogP contribution in [-0.2, 0) is 11.3 Å². The summed E-state index contributed by atoms with van der Waals surface area (Å²) in [4.78, 5) is 14.1. The van der Waals surface area contributed by atoms with Crippen molar-refractivity contribution in [2.24, 2.45) is 0 Å². The van der Waals surface area contributed by atoms with Crippen molar-refractivity contribution in [3.05, 3.63) is 53.4 Å². The van der Waals surface area contributed by atoms with Crippen molar-refractivity contribution in [1.29, 1.82) is 0 Å². The molecule has 0 bridgehead atoms. The van der Waals surface area contributed by atoms with Crippen LogP contribution in [-0.4, -0.2) is 39.5 Å². The summed E-state index contributed by atoms with van der Waals surface area (Å²) in [6.45, 7) is 4.87. The summed E-state index contributed by atoms with van der Waals surface area (Å²) in [6, 6.07) is 4.83. The molecule has 0 amide bonds. The number of aryl methyl sites for hydroxylation is 1. The first-order valence-corrected chi connectivity index (χ1v) is 8.29. The highest BCUT2D eigenvalue weighted by Gasteiger charge is 2.26. The van der Waals surface area contributed by atoms with Crippen LogP contribution in [0.25, 0.3) is 10.9 Å². The van der Waals surface area contributed by atoms with Gasteiger partial charge in [0.25, 0.3) is 0 Å². The number of nitrogens with zero attached hydrogens (tertiary/aromatic N) is 3. The van der Waals surface area contributed by atoms with E-state index in [9.17, 15) is 4.39 Å². The molecule has 1 aromatic carbocycles. The average molecular weight is 341 g/mol. The number of nitrogen functional groups attached to an aromatic ring is 1. The maximum atomic E-state index is 13.5. The number of ether oxygens (including phenoxy) is 1. The second kappa shape index (κ2) is 6.42. The van der Waals surface area contributed by atoms with Crippen molar-refractivity contribution in [3.63, 3.8) is 0 Å². The van der Waals surface area contributed by atoms with Crippen LogP contribution in [0.2, 0.25) is 0 Å². The van der Waals surface area contributed by atoms with Crippen LogP contribution in [0.1, 0.15) is 23.1 Å². The summed E-state index contributed by atoms with van der Waals surface area (Å²) < 4.78 is 19.3. The largest absolute Gasteiger partial charge is 0.382 e. The normalized spacial score (nSPS) is 18.7. The van der Waals surface area contributed by atoms with Crippen LogP contribution in [0, 0.1) is 12.7 Å². The zero-order valence-electron chi connectivity index (χ0n) is 14.0. The lowest BCUT2D eigenvalue weighted by Crippen LogP contribution is -2.38. The molecule has 1 aliphatic heterocycles. The third-order valence-electron chi connectivity index (χ3n) is 4.72. The molecule has 2 aromatic heterocycles. The fourth-order valence-corrected chi connectivity index (χ4v) is 3.36. The van der Waals surface area contributed by atoms with Gasteiger partial charge < -0.3 is 15.5 Å². The number of nitrogens with one attached hydrogen (secondary N) is 1. The zero-order chi connectivity index (χ0) is 17.4. The lowest BCUT2D eigenvalue weighted by molar-refractivity contribution is -0.0350. The molecular weight excluding hydrogens is 321 g/mol. The van der Waals surface area contributed by atoms with Crippen LogP contribution in [0.3, 0.4) is 0 Å². The Morgan fingerprint density at radius 2 is 2.20 bits per heavy atom. The highest BCUT2D eigenvalue weighted by molar-refractivity contribution is 5.84. The first-order chi connectivity index (χ1) is 12.1. The summed E-state index contributed by atoms with van der Waals surface area (Å²) in [5.41, 5.74) is 9.73. The molecule has 3 aromatic rings. The van der Waals surface area contributed by atoms with Gasteiger partial charge in [0.05, 0.1) is 6.61 Å². The van der Waals surface area contributed by atoms with Gasteiger partial charge in [-0.05, 0) is 30.7 Å². The molecule has 0 aliphatic carbocycles. The van der Waals surface area contributed by atoms with Crippen LogP contribution >= 0.6 is 0 Å². The van der Waals surface area contributed by atoms with Crippen molar-refractivity contribution < 1.29 is 9.13 Å². The summed E-state index contributed by atoms with van der Waals surface area (Å²) in [7, 11) is 0. The Labute approximate surface area is 144 Å². The number of rotatable bonds is 3. The first-order valence-electron chi connectivity index (χ1n) is 8.29. The van der Waals surface area contributed by atoms with Crippen LogP contribution < -0.4 is 5.73 Å². The molecule has 130 valence electrons. The van der Waals surface area contributed by atoms with Gasteiger partial charge in [-0.25, -0.2) is 9.37 Å². The Balaban J connectivity index is 1.55. The molecular formula is C18H20FN5O. The molecule has 25 heavy (non-hydrogen) atoms. The second-order valence-electron chi connectivity index (χ2n) is 6.34. The summed E-state index contributed by atoms with van der Waals surface area (Å²) in [6.07, 6.45) is 3.01. The topological polar surface area (TPSA) is 80.1 Å². The van der Waals surface area contributed by atoms with E-state index in [1.54, 1.807) is 24.5 Å². The monoisotopic (exact) mass is 341 g/mol. The molecule has 0 saturated carbocycles. The lowest BCUT2D eigenvalue weighted by atomic mass is 10.1. The van der Waals surface area contributed by atoms with Gasteiger partial charge in [0.15, 0.2) is 0 Å². The number of halogens is 1. The Bertz CT molecular complexity index is 910. The van der Waals surface area contributed by atoms with Crippen LogP contribution in [0.5, 0.6) is 0 Å². The van der Waals surface area contributed by atoms with E-state index in [1.807, 2.05) is 6.92 Å². The third kappa shape index (κ3) is 3.08. The smallest absolute Gasteiger partial charge is 0.147 e. The fourth-order valence-electron chi connectivity index (χ4n) is 3.36. The lowest BCUT2D eigenvalue weighted by Gasteiger charge is -2.32. The molecule has 1 atom stereocenters. The fraction of sp³-hybridized carbons (Fsp3) is 0.333. The predicted molar refractivity (Wildman–Crippen MR) is 93.4 cm³/mol. The van der Waals surface area contributed by atoms with E-state index in [-0.39, 0.29) is 11.9 Å². The number of aromatic nitrogens is 3. The van der Waals surface area contributed by atoms with Crippen LogP contribution in [0.15, 0.2) is 30.6 Å². The molecule has 1 fully saturated rings. The van der Waals surface area contributed by atoms with Gasteiger partial charge in [-0.1, -0.05) is 0 Å². The quantitative estimate of drug-likeness (QED) is 0.765. The minimum Gasteiger partial charge on any atom is -0.382 e. The maximum Gasteiger partial charge on any atom is 0.147 e. The van der Waals surface area contributed by atoms with Crippen molar-refractivity contribution in [3.8, 4) is 0 Å². The highest BCUT2D eigenvalue weighted by atomic mass is 19.1. The maximum absolute atomic E-state index is 13.5. The van der Waals surface area contributed by atoms with E-state index in [0.717, 1.165) is 35.2 Å². The van der Waals surface area contributed by atoms with Crippen molar-refractivity contribution in [2.75, 3.05) is 25.4 Å². The molecule has 1 aliphatic rings. The molecule has 0 spiro atoms. The SMILES string of the molecule is Cc1c(CN2CCOC(c3nccnc3N)C2)[nH]c2ccc(F)cc12. The molecule has 3 heterocycles. The first kappa shape index (κ1) is 16.0. The molecule has 4 rings (SSSR count). The van der Waals surface area contributed by atoms with E-state index in [0.29, 0.717) is 24.7 Å². The minimum atomic E-state index is -0.217. The number of hydrogen-bond donors (Lipinski definition) is 2. The molecule has 1 unspecified atom stereocenters. The van der Waals surface area contributed by atoms with E-state index in [2.05, 4.69) is 19.9 Å². The molecule has 0 radical (unpaired) electrons. The number of fused-ring (bicyclic) bond motifs is 1. The number of aromatic amines is 1. The van der Waals surface area contributed by atoms with E-state index >= 15 is 0 Å². The summed E-state index contributed by atoms with van der Waals surface area (Å²) in [5.74, 6) is 0.192. The van der Waals surface area contributed by atoms with Gasteiger partial charge in [-0.15, -0.1) is 0 Å². The molecule has 7 heteroatoms. The van der Waals surface area contributed by atoms with E-state index < -0.39 is 0 Å². The Morgan fingerprint density at radius 1 is 1.36 bits per heavy atom. The van der Waals surface area contributed by atoms with Crippen molar-refractivity contribution in [1.82, 2.24) is 19.9 Å². The zero-order valence-corrected chi connectivity index (χ0v) is 14.0. The van der Waals surface area contributed by atoms with Gasteiger partial charge in [0, 0.05) is 48.6 Å². The summed E-state index contributed by atoms with van der Waals surface area (Å²) >= 11 is 0. The van der Waals surface area contributed by atoms with Gasteiger partial charge in [0.2, 0.25) is 0 Å². The van der Waals surface area contributed by atoms with Crippen LogP contribution in [0.4, 0.5) is 10.2 Å². The standard InChI is InChI=1S/C18H20FN5O/c1-11-13-8-12(19)2-3-14(13)23-15(11)9-24-6-7-25-16(10-24)17-18(20)22-5-4-21-17/h2-5,8,16,23H,6-7,9-10H2,1H3,(H2,20,22). The predicted octanol–water partition coefficient (Wildman–Crippen LogP) is 2.56. The summed E-state index contributed by atoms with van der Waals surface area (Å²) in [5, 5.41) is 0.929. The van der Waals surface area contributed by atoms with Crippen molar-refractivity contribution in [2.45, 2.75) is 19.6 Å². The highest BCUT2D eigenvalue weighted by Crippen LogP contribution is 2.27. The number of nitrogens with two attached hydrogens (primary N) is 1. The number of hydrogen-bond acceptors (Lipinski definition) is 5. The van der Waals surface area contributed by atoms with Gasteiger partial charge >= 0.3 is 0 Å². The Kier molecular flexibility index (Phi) is 4.10. The van der Waals surface area contributed by atoms with E-state index in [1.165, 1.54) is 6.07 Å². The Hall–Kier alpha value is -2.51. The molecule has 3 N–H and O–H groups in total. The van der Waals surface area contributed by atoms with Gasteiger partial charge in [-0.2, -0.15) is 0 Å². The number of anilines is 1. The minimum absolute atomic E-state index is 0.190. The second-order valence-corrected chi connectivity index (χ2v) is 6.34. The third-order valence-corrected chi connectivity index (χ3v) is 4.72. The van der Waals surface area contributed by atoms with Crippen molar-refractivity contribution >= 4 is 16.7 Å². The molecule has 1 saturated heterocycles. The average Bonchev–Trinajstić information content (AvgIpc) is 2.91.